The number of imidazole rings is 1. The van der Waals surface area contributed by atoms with E-state index in [4.69, 9.17) is 19.9 Å². The van der Waals surface area contributed by atoms with Gasteiger partial charge in [-0.1, -0.05) is 0 Å². The maximum atomic E-state index is 11.1. The number of phenols is 1. The Hall–Kier alpha value is -3.19. The predicted octanol–water partition coefficient (Wildman–Crippen LogP) is -0.860. The summed E-state index contributed by atoms with van der Waals surface area (Å²) in [4.78, 5) is 12.4. The molecule has 0 aliphatic carbocycles. The number of methoxy groups -OCH3 is 2. The molecule has 0 radical (unpaired) electrons. The Bertz CT molecular complexity index is 1080. The molecule has 166 valence electrons. The minimum atomic E-state index is -1.62. The van der Waals surface area contributed by atoms with E-state index in [0.717, 1.165) is 0 Å². The van der Waals surface area contributed by atoms with Gasteiger partial charge in [0.05, 0.1) is 27.2 Å². The topological polar surface area (TPSA) is 178 Å². The Morgan fingerprint density at radius 2 is 1.84 bits per heavy atom. The first kappa shape index (κ1) is 21.1. The first-order chi connectivity index (χ1) is 14.9. The second kappa shape index (κ2) is 7.81. The predicted molar refractivity (Wildman–Crippen MR) is 107 cm³/mol. The number of ether oxygens (including phenoxy) is 3. The fourth-order valence-corrected chi connectivity index (χ4v) is 3.92. The van der Waals surface area contributed by atoms with Crippen molar-refractivity contribution in [3.05, 3.63) is 30.4 Å². The van der Waals surface area contributed by atoms with Crippen LogP contribution in [0.15, 0.2) is 24.8 Å². The highest BCUT2D eigenvalue weighted by Gasteiger charge is 2.56. The monoisotopic (exact) mass is 433 g/mol. The summed E-state index contributed by atoms with van der Waals surface area (Å²) in [5.74, 6) is 0.257. The van der Waals surface area contributed by atoms with Crippen LogP contribution in [0, 0.1) is 0 Å². The van der Waals surface area contributed by atoms with Crippen molar-refractivity contribution >= 4 is 17.0 Å². The zero-order chi connectivity index (χ0) is 22.3. The molecular weight excluding hydrogens is 410 g/mol. The smallest absolute Gasteiger partial charge is 0.200 e. The summed E-state index contributed by atoms with van der Waals surface area (Å²) in [6, 6.07) is 3.10. The summed E-state index contributed by atoms with van der Waals surface area (Å²) in [5, 5.41) is 41.5. The van der Waals surface area contributed by atoms with Gasteiger partial charge in [-0.25, -0.2) is 15.0 Å². The molecule has 0 bridgehead atoms. The van der Waals surface area contributed by atoms with Crippen LogP contribution in [0.1, 0.15) is 5.56 Å². The van der Waals surface area contributed by atoms with E-state index in [-0.39, 0.29) is 35.1 Å². The molecule has 1 aliphatic heterocycles. The highest BCUT2D eigenvalue weighted by molar-refractivity contribution is 5.81. The Morgan fingerprint density at radius 3 is 2.42 bits per heavy atom. The molecule has 3 heterocycles. The number of aliphatic hydroxyl groups is 3. The normalized spacial score (nSPS) is 25.8. The SMILES string of the molecule is COc1cc(C[C@@]2(n3cnc4c(N)ncnc43)O[C@H](CO)[C@@H](O)[C@H]2O)cc(OC)c1O. The lowest BCUT2D eigenvalue weighted by atomic mass is 9.94. The maximum absolute atomic E-state index is 11.1. The molecular formula is C19H23N5O7. The summed E-state index contributed by atoms with van der Waals surface area (Å²) >= 11 is 0. The van der Waals surface area contributed by atoms with Gasteiger partial charge in [-0.05, 0) is 17.7 Å². The van der Waals surface area contributed by atoms with Crippen molar-refractivity contribution in [3.63, 3.8) is 0 Å². The second-order valence-corrected chi connectivity index (χ2v) is 7.19. The first-order valence-electron chi connectivity index (χ1n) is 9.39. The van der Waals surface area contributed by atoms with E-state index in [1.54, 1.807) is 12.1 Å². The van der Waals surface area contributed by atoms with E-state index in [1.807, 2.05) is 0 Å². The molecule has 12 nitrogen and oxygen atoms in total. The largest absolute Gasteiger partial charge is 0.502 e. The van der Waals surface area contributed by atoms with Gasteiger partial charge in [0.25, 0.3) is 0 Å². The number of phenolic OH excluding ortho intramolecular Hbond substituents is 1. The molecule has 1 aromatic carbocycles. The molecule has 6 N–H and O–H groups in total. The van der Waals surface area contributed by atoms with E-state index < -0.39 is 30.6 Å². The van der Waals surface area contributed by atoms with Gasteiger partial charge >= 0.3 is 0 Å². The van der Waals surface area contributed by atoms with Gasteiger partial charge < -0.3 is 40.4 Å². The summed E-state index contributed by atoms with van der Waals surface area (Å²) in [5.41, 5.74) is 5.38. The molecule has 1 fully saturated rings. The third-order valence-electron chi connectivity index (χ3n) is 5.47. The molecule has 0 unspecified atom stereocenters. The van der Waals surface area contributed by atoms with Crippen LogP contribution in [-0.4, -0.2) is 79.1 Å². The fourth-order valence-electron chi connectivity index (χ4n) is 3.92. The van der Waals surface area contributed by atoms with E-state index in [1.165, 1.54) is 31.4 Å². The molecule has 0 saturated carbocycles. The highest BCUT2D eigenvalue weighted by atomic mass is 16.6. The fraction of sp³-hybridized carbons (Fsp3) is 0.421. The van der Waals surface area contributed by atoms with Crippen LogP contribution in [0.3, 0.4) is 0 Å². The number of rotatable bonds is 6. The number of benzene rings is 1. The Morgan fingerprint density at radius 1 is 1.16 bits per heavy atom. The molecule has 31 heavy (non-hydrogen) atoms. The lowest BCUT2D eigenvalue weighted by Gasteiger charge is -2.34. The zero-order valence-electron chi connectivity index (χ0n) is 16.8. The van der Waals surface area contributed by atoms with Gasteiger partial charge in [0, 0.05) is 6.42 Å². The van der Waals surface area contributed by atoms with Crippen molar-refractivity contribution in [1.82, 2.24) is 19.5 Å². The van der Waals surface area contributed by atoms with Gasteiger partial charge in [-0.15, -0.1) is 0 Å². The Balaban J connectivity index is 1.90. The average Bonchev–Trinajstić information content (AvgIpc) is 3.31. The molecule has 0 amide bonds. The van der Waals surface area contributed by atoms with Crippen LogP contribution >= 0.6 is 0 Å². The van der Waals surface area contributed by atoms with E-state index in [0.29, 0.717) is 11.1 Å². The number of aromatic hydroxyl groups is 1. The second-order valence-electron chi connectivity index (χ2n) is 7.19. The van der Waals surface area contributed by atoms with Gasteiger partial charge in [0.15, 0.2) is 28.7 Å². The van der Waals surface area contributed by atoms with Crippen molar-refractivity contribution in [2.75, 3.05) is 26.6 Å². The number of anilines is 1. The van der Waals surface area contributed by atoms with Crippen LogP contribution in [0.5, 0.6) is 17.2 Å². The summed E-state index contributed by atoms with van der Waals surface area (Å²) in [6.07, 6.45) is -1.32. The quantitative estimate of drug-likeness (QED) is 0.327. The molecule has 0 spiro atoms. The summed E-state index contributed by atoms with van der Waals surface area (Å²) in [6.45, 7) is -0.522. The lowest BCUT2D eigenvalue weighted by molar-refractivity contribution is -0.145. The number of hydrogen-bond donors (Lipinski definition) is 5. The minimum absolute atomic E-state index is 0.0237. The van der Waals surface area contributed by atoms with Crippen LogP contribution in [0.2, 0.25) is 0 Å². The third kappa shape index (κ3) is 3.20. The van der Waals surface area contributed by atoms with Crippen molar-refractivity contribution in [2.45, 2.75) is 30.5 Å². The van der Waals surface area contributed by atoms with E-state index in [9.17, 15) is 20.4 Å². The highest BCUT2D eigenvalue weighted by Crippen LogP contribution is 2.43. The summed E-state index contributed by atoms with van der Waals surface area (Å²) in [7, 11) is 2.78. The number of nitrogens with zero attached hydrogens (tertiary/aromatic N) is 4. The van der Waals surface area contributed by atoms with Gasteiger partial charge in [-0.2, -0.15) is 0 Å². The number of fused-ring (bicyclic) bond motifs is 1. The first-order valence-corrected chi connectivity index (χ1v) is 9.39. The van der Waals surface area contributed by atoms with Crippen LogP contribution in [0.4, 0.5) is 5.82 Å². The zero-order valence-corrected chi connectivity index (χ0v) is 16.8. The molecule has 3 aromatic rings. The number of nitrogen functional groups attached to an aromatic ring is 1. The molecule has 2 aromatic heterocycles. The lowest BCUT2D eigenvalue weighted by Crippen LogP contribution is -2.47. The average molecular weight is 433 g/mol. The maximum Gasteiger partial charge on any atom is 0.200 e. The molecule has 1 aliphatic rings. The van der Waals surface area contributed by atoms with Crippen LogP contribution < -0.4 is 15.2 Å². The van der Waals surface area contributed by atoms with Crippen molar-refractivity contribution < 1.29 is 34.6 Å². The van der Waals surface area contributed by atoms with E-state index in [2.05, 4.69) is 15.0 Å². The molecule has 4 atom stereocenters. The standard InChI is InChI=1S/C19H23N5O7/c1-29-10-3-9(4-11(30-2)14(10)26)5-19(16(28)15(27)12(6-25)31-19)24-8-23-13-17(20)21-7-22-18(13)24/h3-4,7-8,12,15-16,25-28H,5-6H2,1-2H3,(H2,20,21,22)/t12-,15-,16-,19-/m1/s1. The third-order valence-corrected chi connectivity index (χ3v) is 5.47. The number of aromatic nitrogens is 4. The van der Waals surface area contributed by atoms with Crippen molar-refractivity contribution in [2.24, 2.45) is 0 Å². The van der Waals surface area contributed by atoms with Gasteiger partial charge in [0.2, 0.25) is 5.75 Å². The molecule has 12 heteroatoms. The van der Waals surface area contributed by atoms with Crippen LogP contribution in [-0.2, 0) is 16.9 Å². The van der Waals surface area contributed by atoms with Gasteiger partial charge in [-0.3, -0.25) is 4.57 Å². The van der Waals surface area contributed by atoms with Crippen molar-refractivity contribution in [1.29, 1.82) is 0 Å². The number of hydrogen-bond acceptors (Lipinski definition) is 11. The Kier molecular flexibility index (Phi) is 5.31. The number of aliphatic hydroxyl groups excluding tert-OH is 3. The van der Waals surface area contributed by atoms with Crippen LogP contribution in [0.25, 0.3) is 11.2 Å². The molecule has 1 saturated heterocycles. The van der Waals surface area contributed by atoms with Crippen molar-refractivity contribution in [3.8, 4) is 17.2 Å². The minimum Gasteiger partial charge on any atom is -0.502 e. The summed E-state index contributed by atoms with van der Waals surface area (Å²) < 4.78 is 17.9. The number of nitrogens with two attached hydrogens (primary N) is 1. The molecule has 4 rings (SSSR count). The Labute approximate surface area is 176 Å². The van der Waals surface area contributed by atoms with Gasteiger partial charge in [0.1, 0.15) is 30.2 Å². The van der Waals surface area contributed by atoms with E-state index >= 15 is 0 Å².